The molecule has 124 valence electrons. The van der Waals surface area contributed by atoms with E-state index in [0.717, 1.165) is 33.8 Å². The summed E-state index contributed by atoms with van der Waals surface area (Å²) in [5.41, 5.74) is 4.73. The summed E-state index contributed by atoms with van der Waals surface area (Å²) in [4.78, 5) is 13.3. The normalized spacial score (nSPS) is 11.1. The number of hydrogen-bond donors (Lipinski definition) is 0. The van der Waals surface area contributed by atoms with E-state index in [2.05, 4.69) is 30.7 Å². The van der Waals surface area contributed by atoms with Gasteiger partial charge in [0, 0.05) is 48.4 Å². The van der Waals surface area contributed by atoms with Crippen LogP contribution in [0.4, 0.5) is 0 Å². The summed E-state index contributed by atoms with van der Waals surface area (Å²) in [5.74, 6) is 0.863. The Bertz CT molecular complexity index is 1190. The van der Waals surface area contributed by atoms with E-state index in [-0.39, 0.29) is 0 Å². The molecule has 3 aromatic heterocycles. The van der Waals surface area contributed by atoms with Crippen molar-refractivity contribution in [1.29, 1.82) is 0 Å². The van der Waals surface area contributed by atoms with E-state index in [4.69, 9.17) is 0 Å². The van der Waals surface area contributed by atoms with Crippen molar-refractivity contribution >= 4 is 11.0 Å². The number of nitrogens with zero attached hydrogens (tertiary/aromatic N) is 6. The van der Waals surface area contributed by atoms with Crippen LogP contribution in [0, 0.1) is 0 Å². The molecule has 2 aromatic carbocycles. The monoisotopic (exact) mass is 338 g/mol. The Balaban J connectivity index is 1.62. The average Bonchev–Trinajstić information content (AvgIpc) is 3.40. The van der Waals surface area contributed by atoms with Crippen molar-refractivity contribution in [3.63, 3.8) is 0 Å². The Hall–Kier alpha value is -3.80. The van der Waals surface area contributed by atoms with Crippen LogP contribution in [0.3, 0.4) is 0 Å². The third-order valence-electron chi connectivity index (χ3n) is 4.25. The average molecular weight is 338 g/mol. The molecule has 5 aromatic rings. The van der Waals surface area contributed by atoms with E-state index in [1.807, 2.05) is 59.5 Å². The van der Waals surface area contributed by atoms with E-state index < -0.39 is 0 Å². The lowest BCUT2D eigenvalue weighted by Gasteiger charge is -2.10. The molecule has 0 amide bonds. The summed E-state index contributed by atoms with van der Waals surface area (Å²) in [5, 5.41) is 4.30. The fourth-order valence-corrected chi connectivity index (χ4v) is 3.04. The topological polar surface area (TPSA) is 61.4 Å². The smallest absolute Gasteiger partial charge is 0.144 e. The summed E-state index contributed by atoms with van der Waals surface area (Å²) < 4.78 is 3.89. The predicted octanol–water partition coefficient (Wildman–Crippen LogP) is 3.67. The first kappa shape index (κ1) is 14.5. The minimum absolute atomic E-state index is 0.856. The number of hydrogen-bond acceptors (Lipinski definition) is 4. The quantitative estimate of drug-likeness (QED) is 0.503. The molecule has 6 heteroatoms. The van der Waals surface area contributed by atoms with E-state index >= 15 is 0 Å². The van der Waals surface area contributed by atoms with E-state index in [0.29, 0.717) is 0 Å². The standard InChI is InChI=1S/C20H14N6/c1-3-15(13-17(4-1)26-11-2-7-24-26)20-23-10-12-25(20)16-5-6-18-19(14-16)22-9-8-21-18/h1-14H. The highest BCUT2D eigenvalue weighted by atomic mass is 15.3. The van der Waals surface area contributed by atoms with Crippen molar-refractivity contribution in [3.8, 4) is 22.8 Å². The Morgan fingerprint density at radius 2 is 1.58 bits per heavy atom. The summed E-state index contributed by atoms with van der Waals surface area (Å²) >= 11 is 0. The van der Waals surface area contributed by atoms with Crippen molar-refractivity contribution in [1.82, 2.24) is 29.3 Å². The van der Waals surface area contributed by atoms with Gasteiger partial charge in [-0.25, -0.2) is 9.67 Å². The van der Waals surface area contributed by atoms with Crippen LogP contribution in [0.1, 0.15) is 0 Å². The van der Waals surface area contributed by atoms with Gasteiger partial charge in [0.05, 0.1) is 16.7 Å². The lowest BCUT2D eigenvalue weighted by Crippen LogP contribution is -1.99. The maximum absolute atomic E-state index is 4.56. The number of imidazole rings is 1. The molecule has 0 N–H and O–H groups in total. The highest BCUT2D eigenvalue weighted by molar-refractivity contribution is 5.77. The maximum Gasteiger partial charge on any atom is 0.144 e. The molecule has 26 heavy (non-hydrogen) atoms. The van der Waals surface area contributed by atoms with E-state index in [9.17, 15) is 0 Å². The Kier molecular flexibility index (Phi) is 3.31. The van der Waals surface area contributed by atoms with Crippen molar-refractivity contribution in [2.24, 2.45) is 0 Å². The minimum Gasteiger partial charge on any atom is -0.300 e. The van der Waals surface area contributed by atoms with E-state index in [1.54, 1.807) is 24.8 Å². The van der Waals surface area contributed by atoms with Crippen LogP contribution >= 0.6 is 0 Å². The predicted molar refractivity (Wildman–Crippen MR) is 99.2 cm³/mol. The van der Waals surface area contributed by atoms with Gasteiger partial charge in [0.25, 0.3) is 0 Å². The molecule has 0 aliphatic rings. The van der Waals surface area contributed by atoms with Crippen molar-refractivity contribution in [3.05, 3.63) is 85.7 Å². The van der Waals surface area contributed by atoms with Crippen molar-refractivity contribution < 1.29 is 0 Å². The largest absolute Gasteiger partial charge is 0.300 e. The van der Waals surface area contributed by atoms with Gasteiger partial charge < -0.3 is 0 Å². The van der Waals surface area contributed by atoms with Gasteiger partial charge in [0.1, 0.15) is 5.82 Å². The van der Waals surface area contributed by atoms with Gasteiger partial charge in [-0.15, -0.1) is 0 Å². The van der Waals surface area contributed by atoms with Gasteiger partial charge in [-0.3, -0.25) is 14.5 Å². The zero-order valence-corrected chi connectivity index (χ0v) is 13.8. The Labute approximate surface area is 149 Å². The fraction of sp³-hybridized carbons (Fsp3) is 0. The van der Waals surface area contributed by atoms with Crippen LogP contribution in [0.5, 0.6) is 0 Å². The van der Waals surface area contributed by atoms with Crippen LogP contribution < -0.4 is 0 Å². The molecule has 0 spiro atoms. The molecule has 3 heterocycles. The SMILES string of the molecule is c1cc(-c2nccn2-c2ccc3nccnc3c2)cc(-n2cccn2)c1. The zero-order chi connectivity index (χ0) is 17.3. The molecule has 0 radical (unpaired) electrons. The van der Waals surface area contributed by atoms with Crippen molar-refractivity contribution in [2.75, 3.05) is 0 Å². The molecule has 0 fully saturated rings. The molecule has 0 atom stereocenters. The van der Waals surface area contributed by atoms with Crippen LogP contribution in [0.25, 0.3) is 33.8 Å². The number of benzene rings is 2. The molecule has 6 nitrogen and oxygen atoms in total. The minimum atomic E-state index is 0.856. The lowest BCUT2D eigenvalue weighted by molar-refractivity contribution is 0.880. The van der Waals surface area contributed by atoms with Crippen LogP contribution in [-0.2, 0) is 0 Å². The summed E-state index contributed by atoms with van der Waals surface area (Å²) in [6, 6.07) is 16.1. The second kappa shape index (κ2) is 5.93. The highest BCUT2D eigenvalue weighted by Gasteiger charge is 2.10. The van der Waals surface area contributed by atoms with E-state index in [1.165, 1.54) is 0 Å². The van der Waals surface area contributed by atoms with Gasteiger partial charge in [-0.2, -0.15) is 5.10 Å². The molecule has 0 aliphatic carbocycles. The second-order valence-electron chi connectivity index (χ2n) is 5.85. The lowest BCUT2D eigenvalue weighted by atomic mass is 10.2. The highest BCUT2D eigenvalue weighted by Crippen LogP contribution is 2.24. The summed E-state index contributed by atoms with van der Waals surface area (Å²) in [6.45, 7) is 0. The third kappa shape index (κ3) is 2.44. The van der Waals surface area contributed by atoms with Gasteiger partial charge >= 0.3 is 0 Å². The molecule has 0 bridgehead atoms. The van der Waals surface area contributed by atoms with Crippen LogP contribution in [0.15, 0.2) is 85.7 Å². The maximum atomic E-state index is 4.56. The molecule has 0 unspecified atom stereocenters. The summed E-state index contributed by atoms with van der Waals surface area (Å²) in [7, 11) is 0. The molecule has 5 rings (SSSR count). The first-order chi connectivity index (χ1) is 12.9. The number of rotatable bonds is 3. The molecular weight excluding hydrogens is 324 g/mol. The van der Waals surface area contributed by atoms with Gasteiger partial charge in [-0.1, -0.05) is 12.1 Å². The summed E-state index contributed by atoms with van der Waals surface area (Å²) in [6.07, 6.45) is 10.8. The fourth-order valence-electron chi connectivity index (χ4n) is 3.04. The molecular formula is C20H14N6. The van der Waals surface area contributed by atoms with Crippen molar-refractivity contribution in [2.45, 2.75) is 0 Å². The van der Waals surface area contributed by atoms with Crippen LogP contribution in [0.2, 0.25) is 0 Å². The zero-order valence-electron chi connectivity index (χ0n) is 13.8. The first-order valence-electron chi connectivity index (χ1n) is 8.23. The molecule has 0 aliphatic heterocycles. The first-order valence-corrected chi connectivity index (χ1v) is 8.23. The number of aromatic nitrogens is 6. The molecule has 0 saturated heterocycles. The Morgan fingerprint density at radius 1 is 0.654 bits per heavy atom. The van der Waals surface area contributed by atoms with Crippen LogP contribution in [-0.4, -0.2) is 29.3 Å². The van der Waals surface area contributed by atoms with Gasteiger partial charge in [0.15, 0.2) is 0 Å². The van der Waals surface area contributed by atoms with Gasteiger partial charge in [-0.05, 0) is 36.4 Å². The second-order valence-corrected chi connectivity index (χ2v) is 5.85. The third-order valence-corrected chi connectivity index (χ3v) is 4.25. The van der Waals surface area contributed by atoms with Gasteiger partial charge in [0.2, 0.25) is 0 Å². The number of fused-ring (bicyclic) bond motifs is 1. The molecule has 0 saturated carbocycles. The Morgan fingerprint density at radius 3 is 2.46 bits per heavy atom.